The van der Waals surface area contributed by atoms with Crippen molar-refractivity contribution in [3.05, 3.63) is 71.5 Å². The number of aryl methyl sites for hydroxylation is 1. The van der Waals surface area contributed by atoms with Crippen molar-refractivity contribution < 1.29 is 4.39 Å². The first kappa shape index (κ1) is 12.8. The average Bonchev–Trinajstić information content (AvgIpc) is 2.40. The van der Waals surface area contributed by atoms with Crippen LogP contribution < -0.4 is 0 Å². The smallest absolute Gasteiger partial charge is 0.142 e. The number of allylic oxidation sites excluding steroid dienone is 1. The number of hydrogen-bond acceptors (Lipinski definition) is 0. The van der Waals surface area contributed by atoms with Crippen LogP contribution in [0.3, 0.4) is 0 Å². The van der Waals surface area contributed by atoms with Crippen LogP contribution in [0.15, 0.2) is 55.1 Å². The maximum Gasteiger partial charge on any atom is 0.142 e. The van der Waals surface area contributed by atoms with E-state index in [-0.39, 0.29) is 10.8 Å². The van der Waals surface area contributed by atoms with Gasteiger partial charge in [0.2, 0.25) is 0 Å². The number of rotatable bonds is 4. The SMILES string of the molecule is C=CCCc1ccc(-c2ccc(Cl)c(F)c2)cc1. The summed E-state index contributed by atoms with van der Waals surface area (Å²) in [6, 6.07) is 13.0. The van der Waals surface area contributed by atoms with Gasteiger partial charge >= 0.3 is 0 Å². The predicted molar refractivity (Wildman–Crippen MR) is 75.4 cm³/mol. The first-order valence-electron chi connectivity index (χ1n) is 5.86. The third kappa shape index (κ3) is 2.99. The molecule has 0 nitrogen and oxygen atoms in total. The quantitative estimate of drug-likeness (QED) is 0.658. The van der Waals surface area contributed by atoms with Crippen molar-refractivity contribution in [2.45, 2.75) is 12.8 Å². The summed E-state index contributed by atoms with van der Waals surface area (Å²) in [4.78, 5) is 0. The lowest BCUT2D eigenvalue weighted by Crippen LogP contribution is -1.85. The lowest BCUT2D eigenvalue weighted by molar-refractivity contribution is 0.629. The zero-order chi connectivity index (χ0) is 13.0. The Kier molecular flexibility index (Phi) is 4.16. The van der Waals surface area contributed by atoms with E-state index in [0.717, 1.165) is 24.0 Å². The van der Waals surface area contributed by atoms with E-state index in [1.54, 1.807) is 6.07 Å². The fourth-order valence-corrected chi connectivity index (χ4v) is 1.93. The topological polar surface area (TPSA) is 0 Å². The molecule has 0 spiro atoms. The molecule has 0 atom stereocenters. The third-order valence-electron chi connectivity index (χ3n) is 2.84. The molecule has 2 heteroatoms. The molecule has 0 bridgehead atoms. The zero-order valence-electron chi connectivity index (χ0n) is 10.00. The normalized spacial score (nSPS) is 10.3. The maximum atomic E-state index is 13.4. The van der Waals surface area contributed by atoms with E-state index in [0.29, 0.717) is 0 Å². The maximum absolute atomic E-state index is 13.4. The van der Waals surface area contributed by atoms with Gasteiger partial charge in [0.25, 0.3) is 0 Å². The van der Waals surface area contributed by atoms with E-state index < -0.39 is 0 Å². The second kappa shape index (κ2) is 5.83. The van der Waals surface area contributed by atoms with E-state index in [4.69, 9.17) is 11.6 Å². The largest absolute Gasteiger partial charge is 0.205 e. The molecule has 0 aliphatic heterocycles. The molecule has 2 rings (SSSR count). The molecule has 0 radical (unpaired) electrons. The molecule has 0 fully saturated rings. The first-order valence-corrected chi connectivity index (χ1v) is 6.24. The fourth-order valence-electron chi connectivity index (χ4n) is 1.81. The Bertz CT molecular complexity index is 544. The standard InChI is InChI=1S/C16H14ClF/c1-2-3-4-12-5-7-13(8-6-12)14-9-10-15(17)16(18)11-14/h2,5-11H,1,3-4H2. The summed E-state index contributed by atoms with van der Waals surface area (Å²) in [6.45, 7) is 3.70. The minimum atomic E-state index is -0.384. The van der Waals surface area contributed by atoms with Crippen LogP contribution in [0.5, 0.6) is 0 Å². The average molecular weight is 261 g/mol. The van der Waals surface area contributed by atoms with Crippen LogP contribution in [0.4, 0.5) is 4.39 Å². The Morgan fingerprint density at radius 1 is 1.06 bits per heavy atom. The van der Waals surface area contributed by atoms with Crippen LogP contribution >= 0.6 is 11.6 Å². The minimum Gasteiger partial charge on any atom is -0.205 e. The molecule has 2 aromatic rings. The summed E-state index contributed by atoms with van der Waals surface area (Å²) in [7, 11) is 0. The van der Waals surface area contributed by atoms with Gasteiger partial charge < -0.3 is 0 Å². The summed E-state index contributed by atoms with van der Waals surface area (Å²) in [5.74, 6) is -0.384. The van der Waals surface area contributed by atoms with Gasteiger partial charge in [-0.2, -0.15) is 0 Å². The second-order valence-corrected chi connectivity index (χ2v) is 4.56. The molecular weight excluding hydrogens is 247 g/mol. The molecule has 0 aliphatic rings. The van der Waals surface area contributed by atoms with E-state index in [1.807, 2.05) is 24.3 Å². The van der Waals surface area contributed by atoms with Crippen molar-refractivity contribution in [3.8, 4) is 11.1 Å². The molecule has 0 saturated carbocycles. The van der Waals surface area contributed by atoms with Gasteiger partial charge in [0, 0.05) is 0 Å². The number of halogens is 2. The van der Waals surface area contributed by atoms with E-state index >= 15 is 0 Å². The molecule has 0 N–H and O–H groups in total. The Morgan fingerprint density at radius 2 is 1.72 bits per heavy atom. The van der Waals surface area contributed by atoms with Crippen LogP contribution in [0.2, 0.25) is 5.02 Å². The molecule has 0 amide bonds. The van der Waals surface area contributed by atoms with Crippen molar-refractivity contribution in [2.75, 3.05) is 0 Å². The lowest BCUT2D eigenvalue weighted by Gasteiger charge is -2.04. The van der Waals surface area contributed by atoms with Crippen molar-refractivity contribution in [3.63, 3.8) is 0 Å². The summed E-state index contributed by atoms with van der Waals surface area (Å²) >= 11 is 5.67. The highest BCUT2D eigenvalue weighted by Crippen LogP contribution is 2.24. The van der Waals surface area contributed by atoms with E-state index in [1.165, 1.54) is 11.6 Å². The van der Waals surface area contributed by atoms with E-state index in [9.17, 15) is 4.39 Å². The molecule has 0 heterocycles. The van der Waals surface area contributed by atoms with Gasteiger partial charge in [-0.1, -0.05) is 48.0 Å². The number of hydrogen-bond donors (Lipinski definition) is 0. The Labute approximate surface area is 112 Å². The van der Waals surface area contributed by atoms with Gasteiger partial charge in [0.05, 0.1) is 5.02 Å². The van der Waals surface area contributed by atoms with Crippen molar-refractivity contribution in [2.24, 2.45) is 0 Å². The Balaban J connectivity index is 2.22. The van der Waals surface area contributed by atoms with Gasteiger partial charge in [-0.3, -0.25) is 0 Å². The highest BCUT2D eigenvalue weighted by Gasteiger charge is 2.03. The highest BCUT2D eigenvalue weighted by molar-refractivity contribution is 6.30. The molecule has 0 aromatic heterocycles. The van der Waals surface area contributed by atoms with Crippen LogP contribution in [-0.2, 0) is 6.42 Å². The summed E-state index contributed by atoms with van der Waals surface area (Å²) in [5, 5.41) is 0.154. The molecular formula is C16H14ClF. The van der Waals surface area contributed by atoms with Crippen LogP contribution in [0.1, 0.15) is 12.0 Å². The second-order valence-electron chi connectivity index (χ2n) is 4.15. The molecule has 2 aromatic carbocycles. The van der Waals surface area contributed by atoms with Crippen LogP contribution in [0.25, 0.3) is 11.1 Å². The number of benzene rings is 2. The minimum absolute atomic E-state index is 0.154. The molecule has 92 valence electrons. The first-order chi connectivity index (χ1) is 8.70. The van der Waals surface area contributed by atoms with Crippen molar-refractivity contribution in [1.29, 1.82) is 0 Å². The Hall–Kier alpha value is -1.60. The Morgan fingerprint density at radius 3 is 2.33 bits per heavy atom. The van der Waals surface area contributed by atoms with Crippen molar-refractivity contribution >= 4 is 11.6 Å². The summed E-state index contributed by atoms with van der Waals surface area (Å²) in [5.41, 5.74) is 3.09. The highest BCUT2D eigenvalue weighted by atomic mass is 35.5. The molecule has 0 saturated heterocycles. The van der Waals surface area contributed by atoms with Crippen LogP contribution in [-0.4, -0.2) is 0 Å². The fraction of sp³-hybridized carbons (Fsp3) is 0.125. The van der Waals surface area contributed by atoms with Gasteiger partial charge in [-0.25, -0.2) is 4.39 Å². The van der Waals surface area contributed by atoms with E-state index in [2.05, 4.69) is 18.7 Å². The zero-order valence-corrected chi connectivity index (χ0v) is 10.8. The lowest BCUT2D eigenvalue weighted by atomic mass is 10.0. The molecule has 0 unspecified atom stereocenters. The summed E-state index contributed by atoms with van der Waals surface area (Å²) in [6.07, 6.45) is 3.86. The van der Waals surface area contributed by atoms with Gasteiger partial charge in [0.15, 0.2) is 0 Å². The van der Waals surface area contributed by atoms with Crippen LogP contribution in [0, 0.1) is 5.82 Å². The monoisotopic (exact) mass is 260 g/mol. The van der Waals surface area contributed by atoms with Crippen molar-refractivity contribution in [1.82, 2.24) is 0 Å². The predicted octanol–water partition coefficient (Wildman–Crippen LogP) is 5.26. The third-order valence-corrected chi connectivity index (χ3v) is 3.15. The molecule has 0 aliphatic carbocycles. The summed E-state index contributed by atoms with van der Waals surface area (Å²) < 4.78 is 13.4. The van der Waals surface area contributed by atoms with Gasteiger partial charge in [-0.15, -0.1) is 6.58 Å². The van der Waals surface area contributed by atoms with Gasteiger partial charge in [0.1, 0.15) is 5.82 Å². The molecule has 18 heavy (non-hydrogen) atoms. The van der Waals surface area contributed by atoms with Gasteiger partial charge in [-0.05, 0) is 41.7 Å².